The topological polar surface area (TPSA) is 100 Å². The minimum Gasteiger partial charge on any atom is -0.480 e. The Morgan fingerprint density at radius 2 is 2.03 bits per heavy atom. The number of carboxylic acid groups (broad SMARTS) is 1. The monoisotopic (exact) mass is 460 g/mol. The highest BCUT2D eigenvalue weighted by atomic mass is 32.2. The van der Waals surface area contributed by atoms with E-state index in [2.05, 4.69) is 0 Å². The number of ether oxygens (including phenoxy) is 1. The highest BCUT2D eigenvalue weighted by Gasteiger charge is 2.39. The number of nitrogens with zero attached hydrogens (tertiary/aromatic N) is 2. The van der Waals surface area contributed by atoms with Crippen LogP contribution in [0.5, 0.6) is 0 Å². The molecule has 32 heavy (non-hydrogen) atoms. The van der Waals surface area contributed by atoms with Gasteiger partial charge in [0.2, 0.25) is 5.91 Å². The Morgan fingerprint density at radius 1 is 1.25 bits per heavy atom. The molecule has 2 amide bonds. The summed E-state index contributed by atoms with van der Waals surface area (Å²) in [5.74, 6) is -0.494. The van der Waals surface area contributed by atoms with Crippen LogP contribution in [0.4, 0.5) is 4.79 Å². The second-order valence-electron chi connectivity index (χ2n) is 7.45. The number of benzene rings is 1. The number of carboxylic acids is 1. The minimum absolute atomic E-state index is 0.190. The molecule has 1 fully saturated rings. The highest BCUT2D eigenvalue weighted by molar-refractivity contribution is 7.99. The third-order valence-corrected chi connectivity index (χ3v) is 6.50. The Balaban J connectivity index is 1.79. The first kappa shape index (κ1) is 23.7. The van der Waals surface area contributed by atoms with Crippen LogP contribution in [0.2, 0.25) is 0 Å². The summed E-state index contributed by atoms with van der Waals surface area (Å²) in [7, 11) is 0. The second kappa shape index (κ2) is 11.6. The van der Waals surface area contributed by atoms with E-state index in [4.69, 9.17) is 9.15 Å². The number of furan rings is 1. The molecule has 3 rings (SSSR count). The summed E-state index contributed by atoms with van der Waals surface area (Å²) in [6, 6.07) is 12.7. The molecule has 1 saturated heterocycles. The van der Waals surface area contributed by atoms with Crippen LogP contribution in [0, 0.1) is 0 Å². The molecule has 172 valence electrons. The summed E-state index contributed by atoms with van der Waals surface area (Å²) in [5, 5.41) is 9.13. The molecular formula is C23H28N2O6S. The average molecular weight is 461 g/mol. The lowest BCUT2D eigenvalue weighted by Gasteiger charge is -2.31. The van der Waals surface area contributed by atoms with Crippen molar-refractivity contribution in [1.29, 1.82) is 0 Å². The zero-order chi connectivity index (χ0) is 22.9. The number of carbonyl (C=O) groups is 3. The lowest BCUT2D eigenvalue weighted by Crippen LogP contribution is -2.53. The van der Waals surface area contributed by atoms with Crippen molar-refractivity contribution >= 4 is 29.7 Å². The molecule has 1 aliphatic heterocycles. The Kier molecular flexibility index (Phi) is 8.61. The highest BCUT2D eigenvalue weighted by Crippen LogP contribution is 2.34. The normalized spacial score (nSPS) is 18.8. The fourth-order valence-electron chi connectivity index (χ4n) is 3.69. The van der Waals surface area contributed by atoms with Crippen LogP contribution < -0.4 is 0 Å². The summed E-state index contributed by atoms with van der Waals surface area (Å²) in [6.45, 7) is 1.99. The van der Waals surface area contributed by atoms with Crippen LogP contribution in [0.15, 0.2) is 53.1 Å². The Morgan fingerprint density at radius 3 is 2.69 bits per heavy atom. The molecule has 1 N–H and O–H groups in total. The quantitative estimate of drug-likeness (QED) is 0.612. The van der Waals surface area contributed by atoms with E-state index in [1.807, 2.05) is 36.4 Å². The lowest BCUT2D eigenvalue weighted by molar-refractivity contribution is -0.146. The van der Waals surface area contributed by atoms with E-state index in [9.17, 15) is 19.5 Å². The van der Waals surface area contributed by atoms with Crippen molar-refractivity contribution < 1.29 is 28.6 Å². The molecule has 2 atom stereocenters. The van der Waals surface area contributed by atoms with Gasteiger partial charge in [-0.2, -0.15) is 0 Å². The fourth-order valence-corrected chi connectivity index (χ4v) is 5.01. The van der Waals surface area contributed by atoms with Crippen molar-refractivity contribution in [1.82, 2.24) is 9.80 Å². The average Bonchev–Trinajstić information content (AvgIpc) is 3.26. The molecule has 1 aromatic heterocycles. The van der Waals surface area contributed by atoms with Crippen molar-refractivity contribution in [3.8, 4) is 0 Å². The van der Waals surface area contributed by atoms with Crippen molar-refractivity contribution in [2.45, 2.75) is 31.1 Å². The van der Waals surface area contributed by atoms with E-state index in [1.165, 1.54) is 21.6 Å². The van der Waals surface area contributed by atoms with Crippen LogP contribution in [-0.4, -0.2) is 70.9 Å². The summed E-state index contributed by atoms with van der Waals surface area (Å²) < 4.78 is 10.7. The van der Waals surface area contributed by atoms with Gasteiger partial charge < -0.3 is 19.2 Å². The zero-order valence-corrected chi connectivity index (χ0v) is 18.8. The van der Waals surface area contributed by atoms with Crippen LogP contribution in [0.25, 0.3) is 0 Å². The van der Waals surface area contributed by atoms with E-state index in [0.717, 1.165) is 12.0 Å². The molecule has 0 radical (unpaired) electrons. The van der Waals surface area contributed by atoms with Gasteiger partial charge in [0.1, 0.15) is 18.3 Å². The van der Waals surface area contributed by atoms with Crippen LogP contribution in [0.1, 0.15) is 29.9 Å². The number of hydrogen-bond acceptors (Lipinski definition) is 6. The van der Waals surface area contributed by atoms with E-state index in [1.54, 1.807) is 19.3 Å². The van der Waals surface area contributed by atoms with Crippen LogP contribution >= 0.6 is 11.8 Å². The summed E-state index contributed by atoms with van der Waals surface area (Å²) in [6.07, 6.45) is 2.39. The van der Waals surface area contributed by atoms with Crippen LogP contribution in [-0.2, 0) is 20.7 Å². The zero-order valence-electron chi connectivity index (χ0n) is 18.0. The molecule has 0 spiro atoms. The number of hydrogen-bond donors (Lipinski definition) is 1. The SMILES string of the molecule is CCOC(=O)N(CCCc1ccccc1)C1CSC(c2ccco2)CN(CC(=O)O)C1=O. The van der Waals surface area contributed by atoms with Crippen molar-refractivity contribution in [2.75, 3.05) is 32.0 Å². The van der Waals surface area contributed by atoms with Crippen LogP contribution in [0.3, 0.4) is 0 Å². The smallest absolute Gasteiger partial charge is 0.410 e. The third kappa shape index (κ3) is 6.29. The van der Waals surface area contributed by atoms with E-state index < -0.39 is 24.6 Å². The summed E-state index contributed by atoms with van der Waals surface area (Å²) in [5.41, 5.74) is 1.14. The predicted octanol–water partition coefficient (Wildman–Crippen LogP) is 3.44. The Hall–Kier alpha value is -2.94. The van der Waals surface area contributed by atoms with Gasteiger partial charge in [-0.25, -0.2) is 4.79 Å². The molecule has 9 heteroatoms. The van der Waals surface area contributed by atoms with Gasteiger partial charge in [-0.15, -0.1) is 11.8 Å². The molecule has 2 unspecified atom stereocenters. The van der Waals surface area contributed by atoms with E-state index in [0.29, 0.717) is 24.5 Å². The number of aliphatic carboxylic acids is 1. The Labute approximate surface area is 191 Å². The van der Waals surface area contributed by atoms with Crippen molar-refractivity contribution in [3.63, 3.8) is 0 Å². The van der Waals surface area contributed by atoms with Gasteiger partial charge in [0.05, 0.1) is 18.1 Å². The maximum Gasteiger partial charge on any atom is 0.410 e. The maximum atomic E-state index is 13.3. The molecule has 0 aliphatic carbocycles. The first-order valence-electron chi connectivity index (χ1n) is 10.6. The number of thioether (sulfide) groups is 1. The molecule has 2 heterocycles. The molecule has 1 aromatic carbocycles. The fraction of sp³-hybridized carbons (Fsp3) is 0.435. The van der Waals surface area contributed by atoms with E-state index >= 15 is 0 Å². The number of rotatable bonds is 9. The van der Waals surface area contributed by atoms with Gasteiger partial charge in [-0.3, -0.25) is 14.5 Å². The van der Waals surface area contributed by atoms with Gasteiger partial charge in [-0.1, -0.05) is 30.3 Å². The third-order valence-electron chi connectivity index (χ3n) is 5.21. The first-order chi connectivity index (χ1) is 15.5. The Bertz CT molecular complexity index is 889. The lowest BCUT2D eigenvalue weighted by atomic mass is 10.1. The summed E-state index contributed by atoms with van der Waals surface area (Å²) >= 11 is 1.48. The minimum atomic E-state index is -1.10. The molecule has 0 bridgehead atoms. The first-order valence-corrected chi connectivity index (χ1v) is 11.7. The molecule has 8 nitrogen and oxygen atoms in total. The van der Waals surface area contributed by atoms with Gasteiger partial charge in [0.15, 0.2) is 0 Å². The van der Waals surface area contributed by atoms with Gasteiger partial charge in [-0.05, 0) is 37.5 Å². The number of amides is 2. The van der Waals surface area contributed by atoms with Crippen molar-refractivity contribution in [2.24, 2.45) is 0 Å². The number of aryl methyl sites for hydroxylation is 1. The molecule has 2 aromatic rings. The van der Waals surface area contributed by atoms with Gasteiger partial charge >= 0.3 is 12.1 Å². The predicted molar refractivity (Wildman–Crippen MR) is 120 cm³/mol. The van der Waals surface area contributed by atoms with Crippen molar-refractivity contribution in [3.05, 3.63) is 60.1 Å². The maximum absolute atomic E-state index is 13.3. The summed E-state index contributed by atoms with van der Waals surface area (Å²) in [4.78, 5) is 40.3. The van der Waals surface area contributed by atoms with E-state index in [-0.39, 0.29) is 24.3 Å². The molecule has 0 saturated carbocycles. The standard InChI is InChI=1S/C23H28N2O6S/c1-2-30-23(29)25(12-6-10-17-8-4-3-5-9-17)18-16-32-20(19-11-7-13-31-19)14-24(22(18)28)15-21(26)27/h3-5,7-9,11,13,18,20H,2,6,10,12,14-16H2,1H3,(H,26,27). The largest absolute Gasteiger partial charge is 0.480 e. The van der Waals surface area contributed by atoms with Gasteiger partial charge in [0, 0.05) is 18.8 Å². The van der Waals surface area contributed by atoms with Gasteiger partial charge in [0.25, 0.3) is 0 Å². The number of carbonyl (C=O) groups excluding carboxylic acids is 2. The molecule has 1 aliphatic rings. The molecular weight excluding hydrogens is 432 g/mol. The second-order valence-corrected chi connectivity index (χ2v) is 8.68.